The number of benzene rings is 3. The van der Waals surface area contributed by atoms with Gasteiger partial charge < -0.3 is 14.8 Å². The summed E-state index contributed by atoms with van der Waals surface area (Å²) in [5, 5.41) is 2.76. The third-order valence-electron chi connectivity index (χ3n) is 7.24. The lowest BCUT2D eigenvalue weighted by molar-refractivity contribution is -0.140. The van der Waals surface area contributed by atoms with Crippen LogP contribution in [0.5, 0.6) is 5.75 Å². The minimum absolute atomic E-state index is 0.130. The number of aryl methyl sites for hydroxylation is 2. The molecule has 0 saturated heterocycles. The van der Waals surface area contributed by atoms with E-state index < -0.39 is 0 Å². The van der Waals surface area contributed by atoms with Gasteiger partial charge in [-0.2, -0.15) is 0 Å². The summed E-state index contributed by atoms with van der Waals surface area (Å²) in [6.45, 7) is 16.2. The van der Waals surface area contributed by atoms with E-state index in [-0.39, 0.29) is 36.2 Å². The van der Waals surface area contributed by atoms with Gasteiger partial charge >= 0.3 is 5.97 Å². The maximum absolute atomic E-state index is 12.5. The van der Waals surface area contributed by atoms with Crippen LogP contribution < -0.4 is 10.1 Å². The third-order valence-corrected chi connectivity index (χ3v) is 7.24. The van der Waals surface area contributed by atoms with Crippen LogP contribution in [0.25, 0.3) is 11.1 Å². The van der Waals surface area contributed by atoms with Crippen LogP contribution in [-0.4, -0.2) is 32.1 Å². The minimum atomic E-state index is -0.345. The lowest BCUT2D eigenvalue weighted by atomic mass is 9.85. The molecule has 0 radical (unpaired) electrons. The first kappa shape index (κ1) is 30.9. The maximum Gasteiger partial charge on any atom is 0.307 e. The molecule has 0 aliphatic rings. The largest absolute Gasteiger partial charge is 0.493 e. The quantitative estimate of drug-likeness (QED) is 0.251. The molecule has 3 aromatic rings. The molecule has 5 heteroatoms. The molecule has 0 aliphatic carbocycles. The van der Waals surface area contributed by atoms with Crippen LogP contribution >= 0.6 is 0 Å². The van der Waals surface area contributed by atoms with Crippen molar-refractivity contribution in [2.24, 2.45) is 5.92 Å². The lowest BCUT2D eigenvalue weighted by Crippen LogP contribution is -2.26. The number of ether oxygens (including phenoxy) is 2. The van der Waals surface area contributed by atoms with E-state index >= 15 is 0 Å². The van der Waals surface area contributed by atoms with Crippen LogP contribution in [0.3, 0.4) is 0 Å². The van der Waals surface area contributed by atoms with Gasteiger partial charge in [0.05, 0.1) is 20.1 Å². The highest BCUT2D eigenvalue weighted by Crippen LogP contribution is 2.34. The van der Waals surface area contributed by atoms with Gasteiger partial charge in [-0.1, -0.05) is 71.0 Å². The fourth-order valence-electron chi connectivity index (χ4n) is 5.05. The Morgan fingerprint density at radius 2 is 1.50 bits per heavy atom. The molecule has 0 heterocycles. The van der Waals surface area contributed by atoms with Gasteiger partial charge in [-0.3, -0.25) is 9.59 Å². The fraction of sp³-hybridized carbons (Fsp3) is 0.429. The molecule has 214 valence electrons. The number of carbonyl (C=O) groups excluding carboxylic acids is 2. The van der Waals surface area contributed by atoms with Crippen molar-refractivity contribution in [2.75, 3.05) is 20.3 Å². The summed E-state index contributed by atoms with van der Waals surface area (Å²) in [5.74, 6) is 1.02. The van der Waals surface area contributed by atoms with E-state index in [0.29, 0.717) is 18.1 Å². The monoisotopic (exact) mass is 543 g/mol. The molecule has 0 bridgehead atoms. The predicted octanol–water partition coefficient (Wildman–Crippen LogP) is 7.77. The van der Waals surface area contributed by atoms with Crippen LogP contribution in [0.2, 0.25) is 0 Å². The highest BCUT2D eigenvalue weighted by molar-refractivity contribution is 5.94. The van der Waals surface area contributed by atoms with E-state index in [1.54, 1.807) is 0 Å². The number of hydrogen-bond acceptors (Lipinski definition) is 4. The summed E-state index contributed by atoms with van der Waals surface area (Å²) in [6, 6.07) is 20.9. The van der Waals surface area contributed by atoms with Crippen LogP contribution in [0.4, 0.5) is 0 Å². The zero-order valence-corrected chi connectivity index (χ0v) is 25.4. The molecule has 40 heavy (non-hydrogen) atoms. The second-order valence-corrected chi connectivity index (χ2v) is 12.1. The van der Waals surface area contributed by atoms with Gasteiger partial charge in [0.25, 0.3) is 5.91 Å². The zero-order valence-electron chi connectivity index (χ0n) is 25.4. The second kappa shape index (κ2) is 13.6. The first-order valence-electron chi connectivity index (χ1n) is 14.2. The van der Waals surface area contributed by atoms with Gasteiger partial charge in [0.1, 0.15) is 5.75 Å². The summed E-state index contributed by atoms with van der Waals surface area (Å²) in [6.07, 6.45) is 1.12. The molecule has 0 fully saturated rings. The Morgan fingerprint density at radius 1 is 0.900 bits per heavy atom. The van der Waals surface area contributed by atoms with Crippen LogP contribution in [-0.2, 0) is 14.9 Å². The molecule has 1 atom stereocenters. The first-order chi connectivity index (χ1) is 18.9. The van der Waals surface area contributed by atoms with Crippen molar-refractivity contribution < 1.29 is 19.1 Å². The standard InChI is InChI=1S/C35H45NO4/c1-23(2)19-29(26-9-11-28(12-10-26)34(38)36-18-17-32(37)39-8)22-40-31-20-24(3)33(25(4)21-31)27-13-15-30(16-14-27)35(5,6)7/h9-16,20-21,23,29H,17-19,22H2,1-8H3,(H,36,38). The van der Waals surface area contributed by atoms with Crippen molar-refractivity contribution in [3.05, 3.63) is 88.5 Å². The molecule has 1 amide bonds. The van der Waals surface area contributed by atoms with E-state index in [9.17, 15) is 9.59 Å². The first-order valence-corrected chi connectivity index (χ1v) is 14.2. The number of amides is 1. The van der Waals surface area contributed by atoms with Crippen LogP contribution in [0.15, 0.2) is 60.7 Å². The fourth-order valence-corrected chi connectivity index (χ4v) is 5.05. The van der Waals surface area contributed by atoms with Gasteiger partial charge in [0.15, 0.2) is 0 Å². The molecule has 5 nitrogen and oxygen atoms in total. The molecule has 0 aliphatic heterocycles. The van der Waals surface area contributed by atoms with Crippen molar-refractivity contribution in [1.29, 1.82) is 0 Å². The number of carbonyl (C=O) groups is 2. The summed E-state index contributed by atoms with van der Waals surface area (Å²) < 4.78 is 11.0. The molecule has 0 aromatic heterocycles. The van der Waals surface area contributed by atoms with E-state index in [4.69, 9.17) is 4.74 Å². The maximum atomic E-state index is 12.5. The summed E-state index contributed by atoms with van der Waals surface area (Å²) >= 11 is 0. The van der Waals surface area contributed by atoms with E-state index in [1.165, 1.54) is 34.9 Å². The Morgan fingerprint density at radius 3 is 2.02 bits per heavy atom. The Kier molecular flexibility index (Phi) is 10.6. The molecule has 3 aromatic carbocycles. The van der Waals surface area contributed by atoms with Crippen molar-refractivity contribution in [2.45, 2.75) is 72.6 Å². The Balaban J connectivity index is 1.71. The van der Waals surface area contributed by atoms with Crippen LogP contribution in [0, 0.1) is 19.8 Å². The number of methoxy groups -OCH3 is 1. The normalized spacial score (nSPS) is 12.2. The van der Waals surface area contributed by atoms with Gasteiger partial charge in [-0.15, -0.1) is 0 Å². The lowest BCUT2D eigenvalue weighted by Gasteiger charge is -2.22. The van der Waals surface area contributed by atoms with Crippen molar-refractivity contribution >= 4 is 11.9 Å². The number of hydrogen-bond donors (Lipinski definition) is 1. The summed E-state index contributed by atoms with van der Waals surface area (Å²) in [7, 11) is 1.34. The van der Waals surface area contributed by atoms with Crippen molar-refractivity contribution in [3.63, 3.8) is 0 Å². The zero-order chi connectivity index (χ0) is 29.4. The molecule has 0 saturated carbocycles. The van der Waals surface area contributed by atoms with Gasteiger partial charge in [-0.05, 0) is 89.2 Å². The summed E-state index contributed by atoms with van der Waals surface area (Å²) in [5.41, 5.74) is 8.04. The van der Waals surface area contributed by atoms with E-state index in [0.717, 1.165) is 17.7 Å². The third kappa shape index (κ3) is 8.45. The highest BCUT2D eigenvalue weighted by atomic mass is 16.5. The molecule has 1 N–H and O–H groups in total. The Labute approximate surface area is 240 Å². The minimum Gasteiger partial charge on any atom is -0.493 e. The Hall–Kier alpha value is -3.60. The smallest absolute Gasteiger partial charge is 0.307 e. The molecule has 0 spiro atoms. The average molecular weight is 544 g/mol. The number of nitrogens with one attached hydrogen (secondary N) is 1. The van der Waals surface area contributed by atoms with Gasteiger partial charge in [0, 0.05) is 18.0 Å². The highest BCUT2D eigenvalue weighted by Gasteiger charge is 2.18. The second-order valence-electron chi connectivity index (χ2n) is 12.1. The molecule has 3 rings (SSSR count). The average Bonchev–Trinajstić information content (AvgIpc) is 2.90. The Bertz CT molecular complexity index is 1260. The summed E-state index contributed by atoms with van der Waals surface area (Å²) in [4.78, 5) is 23.7. The number of esters is 1. The SMILES string of the molecule is COC(=O)CCNC(=O)c1ccc(C(COc2cc(C)c(-c3ccc(C(C)(C)C)cc3)c(C)c2)CC(C)C)cc1. The van der Waals surface area contributed by atoms with E-state index in [2.05, 4.69) is 94.9 Å². The van der Waals surface area contributed by atoms with Gasteiger partial charge in [-0.25, -0.2) is 0 Å². The van der Waals surface area contributed by atoms with E-state index in [1.807, 2.05) is 24.3 Å². The van der Waals surface area contributed by atoms with Crippen molar-refractivity contribution in [1.82, 2.24) is 5.32 Å². The predicted molar refractivity (Wildman–Crippen MR) is 163 cm³/mol. The number of rotatable bonds is 11. The van der Waals surface area contributed by atoms with Gasteiger partial charge in [0.2, 0.25) is 0 Å². The topological polar surface area (TPSA) is 64.6 Å². The van der Waals surface area contributed by atoms with Crippen LogP contribution in [0.1, 0.15) is 86.0 Å². The molecular formula is C35H45NO4. The van der Waals surface area contributed by atoms with Crippen molar-refractivity contribution in [3.8, 4) is 16.9 Å². The molecular weight excluding hydrogens is 498 g/mol. The molecule has 1 unspecified atom stereocenters.